The van der Waals surface area contributed by atoms with E-state index in [4.69, 9.17) is 16.3 Å². The highest BCUT2D eigenvalue weighted by atomic mass is 35.5. The van der Waals surface area contributed by atoms with Crippen molar-refractivity contribution >= 4 is 57.8 Å². The molecule has 2 aliphatic rings. The van der Waals surface area contributed by atoms with Crippen LogP contribution in [0.15, 0.2) is 29.3 Å². The van der Waals surface area contributed by atoms with Gasteiger partial charge in [0.1, 0.15) is 5.69 Å². The van der Waals surface area contributed by atoms with Crippen LogP contribution < -0.4 is 5.32 Å². The number of amides is 2. The van der Waals surface area contributed by atoms with Gasteiger partial charge >= 0.3 is 11.9 Å². The van der Waals surface area contributed by atoms with Gasteiger partial charge in [-0.05, 0) is 50.6 Å². The molecule has 0 spiro atoms. The zero-order valence-electron chi connectivity index (χ0n) is 20.6. The van der Waals surface area contributed by atoms with Crippen LogP contribution in [-0.2, 0) is 22.5 Å². The average Bonchev–Trinajstić information content (AvgIpc) is 3.51. The van der Waals surface area contributed by atoms with Crippen molar-refractivity contribution in [2.75, 3.05) is 20.7 Å². The Hall–Kier alpha value is -3.08. The standard InChI is InChI=1S/C26H28ClN5O4S/c1-32-8-7-19-22(13-32)37-25(31-19)24(34)28-12-15-4-3-14(26(35)36-2)10-20(15)30-23(33)21-11-16-9-17(27)5-6-18(16)29-21/h5-6,9,11-12,14-15,20,29H,3-4,7-8,10,13H2,1-2H3,(H,30,33)/t14-,15?,20?/m0/s1. The molecule has 9 nitrogen and oxygen atoms in total. The number of thiazole rings is 1. The second-order valence-electron chi connectivity index (χ2n) is 9.65. The summed E-state index contributed by atoms with van der Waals surface area (Å²) in [5, 5.41) is 4.84. The normalized spacial score (nSPS) is 22.2. The number of aliphatic imine (C=N–C) groups is 1. The molecule has 1 aliphatic heterocycles. The predicted octanol–water partition coefficient (Wildman–Crippen LogP) is 3.86. The van der Waals surface area contributed by atoms with Crippen LogP contribution in [0.2, 0.25) is 5.02 Å². The van der Waals surface area contributed by atoms with E-state index in [2.05, 4.69) is 25.2 Å². The number of fused-ring (bicyclic) bond motifs is 2. The van der Waals surface area contributed by atoms with Crippen molar-refractivity contribution in [1.29, 1.82) is 0 Å². The van der Waals surface area contributed by atoms with Crippen LogP contribution in [0, 0.1) is 11.8 Å². The molecular formula is C26H28ClN5O4S. The molecule has 3 aromatic rings. The lowest BCUT2D eigenvalue weighted by Crippen LogP contribution is -2.46. The number of nitrogens with zero attached hydrogens (tertiary/aromatic N) is 3. The Kier molecular flexibility index (Phi) is 7.41. The Balaban J connectivity index is 1.32. The van der Waals surface area contributed by atoms with E-state index in [1.165, 1.54) is 18.4 Å². The Labute approximate surface area is 223 Å². The van der Waals surface area contributed by atoms with E-state index in [1.54, 1.807) is 24.4 Å². The molecule has 2 amide bonds. The van der Waals surface area contributed by atoms with E-state index >= 15 is 0 Å². The third-order valence-electron chi connectivity index (χ3n) is 7.07. The summed E-state index contributed by atoms with van der Waals surface area (Å²) in [6.45, 7) is 1.71. The van der Waals surface area contributed by atoms with Gasteiger partial charge in [0, 0.05) is 58.5 Å². The summed E-state index contributed by atoms with van der Waals surface area (Å²) in [6.07, 6.45) is 4.01. The molecule has 5 rings (SSSR count). The van der Waals surface area contributed by atoms with Crippen LogP contribution in [0.5, 0.6) is 0 Å². The fourth-order valence-corrected chi connectivity index (χ4v) is 6.28. The third-order valence-corrected chi connectivity index (χ3v) is 8.38. The number of rotatable bonds is 5. The maximum absolute atomic E-state index is 13.1. The second kappa shape index (κ2) is 10.7. The number of halogens is 1. The van der Waals surface area contributed by atoms with E-state index in [-0.39, 0.29) is 29.6 Å². The second-order valence-corrected chi connectivity index (χ2v) is 11.2. The fraction of sp³-hybridized carbons (Fsp3) is 0.423. The number of benzene rings is 1. The molecule has 37 heavy (non-hydrogen) atoms. The lowest BCUT2D eigenvalue weighted by Gasteiger charge is -2.33. The highest BCUT2D eigenvalue weighted by Gasteiger charge is 2.35. The summed E-state index contributed by atoms with van der Waals surface area (Å²) in [6, 6.07) is 6.71. The van der Waals surface area contributed by atoms with E-state index in [0.29, 0.717) is 35.0 Å². The molecule has 194 valence electrons. The van der Waals surface area contributed by atoms with Crippen molar-refractivity contribution in [2.45, 2.75) is 38.3 Å². The lowest BCUT2D eigenvalue weighted by atomic mass is 9.78. The number of likely N-dealkylation sites (N-methyl/N-ethyl adjacent to an activating group) is 1. The SMILES string of the molecule is COC(=O)[C@H]1CCC(C=NC(=O)c2nc3c(s2)CN(C)CC3)C(NC(=O)c2cc3cc(Cl)ccc3[nH]2)C1. The molecule has 1 aromatic carbocycles. The number of H-pyrrole nitrogens is 1. The number of methoxy groups -OCH3 is 1. The molecular weight excluding hydrogens is 514 g/mol. The topological polar surface area (TPSA) is 117 Å². The first kappa shape index (κ1) is 25.6. The molecule has 0 saturated heterocycles. The summed E-state index contributed by atoms with van der Waals surface area (Å²) in [7, 11) is 3.41. The number of esters is 1. The first-order valence-corrected chi connectivity index (χ1v) is 13.4. The Bertz CT molecular complexity index is 1380. The minimum Gasteiger partial charge on any atom is -0.469 e. The monoisotopic (exact) mass is 541 g/mol. The summed E-state index contributed by atoms with van der Waals surface area (Å²) in [5.74, 6) is -1.53. The number of nitrogens with one attached hydrogen (secondary N) is 2. The van der Waals surface area contributed by atoms with Crippen LogP contribution in [0.25, 0.3) is 10.9 Å². The first-order chi connectivity index (χ1) is 17.8. The quantitative estimate of drug-likeness (QED) is 0.374. The first-order valence-electron chi connectivity index (χ1n) is 12.2. The summed E-state index contributed by atoms with van der Waals surface area (Å²) in [5.41, 5.74) is 2.17. The van der Waals surface area contributed by atoms with Crippen LogP contribution in [0.3, 0.4) is 0 Å². The van der Waals surface area contributed by atoms with Crippen LogP contribution in [0.1, 0.15) is 50.1 Å². The van der Waals surface area contributed by atoms with E-state index in [9.17, 15) is 14.4 Å². The molecule has 0 radical (unpaired) electrons. The molecule has 2 unspecified atom stereocenters. The van der Waals surface area contributed by atoms with Gasteiger partial charge < -0.3 is 19.9 Å². The molecule has 1 saturated carbocycles. The number of hydrogen-bond acceptors (Lipinski definition) is 7. The predicted molar refractivity (Wildman–Crippen MR) is 142 cm³/mol. The highest BCUT2D eigenvalue weighted by Crippen LogP contribution is 2.30. The Morgan fingerprint density at radius 1 is 1.30 bits per heavy atom. The van der Waals surface area contributed by atoms with Crippen LogP contribution in [0.4, 0.5) is 0 Å². The molecule has 2 N–H and O–H groups in total. The lowest BCUT2D eigenvalue weighted by molar-refractivity contribution is -0.147. The van der Waals surface area contributed by atoms with E-state index < -0.39 is 6.04 Å². The number of aromatic amines is 1. The molecule has 0 bridgehead atoms. The van der Waals surface area contributed by atoms with Gasteiger partial charge in [0.2, 0.25) is 0 Å². The summed E-state index contributed by atoms with van der Waals surface area (Å²) < 4.78 is 4.95. The fourth-order valence-electron chi connectivity index (χ4n) is 5.02. The maximum atomic E-state index is 13.1. The molecule has 11 heteroatoms. The zero-order valence-corrected chi connectivity index (χ0v) is 22.2. The van der Waals surface area contributed by atoms with Crippen LogP contribution in [-0.4, -0.2) is 65.6 Å². The number of carbonyl (C=O) groups excluding carboxylic acids is 3. The Morgan fingerprint density at radius 2 is 2.14 bits per heavy atom. The minimum absolute atomic E-state index is 0.214. The molecule has 3 atom stereocenters. The van der Waals surface area contributed by atoms with Crippen molar-refractivity contribution in [1.82, 2.24) is 20.2 Å². The van der Waals surface area contributed by atoms with Gasteiger partial charge in [0.25, 0.3) is 5.91 Å². The van der Waals surface area contributed by atoms with Gasteiger partial charge in [-0.1, -0.05) is 11.6 Å². The molecule has 2 aromatic heterocycles. The van der Waals surface area contributed by atoms with Crippen molar-refractivity contribution in [2.24, 2.45) is 16.8 Å². The molecule has 1 fully saturated rings. The average molecular weight is 542 g/mol. The number of hydrogen-bond donors (Lipinski definition) is 2. The van der Waals surface area contributed by atoms with E-state index in [1.807, 2.05) is 13.1 Å². The summed E-state index contributed by atoms with van der Waals surface area (Å²) >= 11 is 7.47. The maximum Gasteiger partial charge on any atom is 0.308 e. The van der Waals surface area contributed by atoms with Gasteiger partial charge in [-0.15, -0.1) is 11.3 Å². The largest absolute Gasteiger partial charge is 0.469 e. The van der Waals surface area contributed by atoms with Gasteiger partial charge in [-0.3, -0.25) is 14.4 Å². The number of carbonyl (C=O) groups is 3. The van der Waals surface area contributed by atoms with Gasteiger partial charge in [-0.25, -0.2) is 9.98 Å². The van der Waals surface area contributed by atoms with Crippen LogP contribution >= 0.6 is 22.9 Å². The third kappa shape index (κ3) is 5.61. The molecule has 1 aliphatic carbocycles. The number of ether oxygens (including phenoxy) is 1. The van der Waals surface area contributed by atoms with Crippen molar-refractivity contribution in [3.05, 3.63) is 50.6 Å². The summed E-state index contributed by atoms with van der Waals surface area (Å²) in [4.78, 5) is 53.4. The number of aromatic nitrogens is 2. The molecule has 3 heterocycles. The van der Waals surface area contributed by atoms with Crippen molar-refractivity contribution < 1.29 is 19.1 Å². The Morgan fingerprint density at radius 3 is 2.95 bits per heavy atom. The van der Waals surface area contributed by atoms with Crippen molar-refractivity contribution in [3.8, 4) is 0 Å². The highest BCUT2D eigenvalue weighted by molar-refractivity contribution is 7.13. The van der Waals surface area contributed by atoms with E-state index in [0.717, 1.165) is 41.0 Å². The van der Waals surface area contributed by atoms with Crippen molar-refractivity contribution in [3.63, 3.8) is 0 Å². The van der Waals surface area contributed by atoms with Gasteiger partial charge in [0.05, 0.1) is 18.7 Å². The van der Waals surface area contributed by atoms with Gasteiger partial charge in [0.15, 0.2) is 5.01 Å². The van der Waals surface area contributed by atoms with Gasteiger partial charge in [-0.2, -0.15) is 0 Å². The smallest absolute Gasteiger partial charge is 0.308 e. The zero-order chi connectivity index (χ0) is 26.1. The minimum atomic E-state index is -0.393.